The molecule has 0 aromatic heterocycles. The molecule has 0 amide bonds. The SMILES string of the molecule is CN1CCC(NC/C=C/C(=O)O)C1. The molecule has 1 rings (SSSR count). The van der Waals surface area contributed by atoms with Crippen LogP contribution in [0.5, 0.6) is 0 Å². The van der Waals surface area contributed by atoms with Gasteiger partial charge in [0.2, 0.25) is 0 Å². The fourth-order valence-electron chi connectivity index (χ4n) is 1.50. The Bertz CT molecular complexity index is 204. The van der Waals surface area contributed by atoms with Crippen molar-refractivity contribution in [1.29, 1.82) is 0 Å². The lowest BCUT2D eigenvalue weighted by Gasteiger charge is -2.10. The predicted octanol–water partition coefficient (Wildman–Crippen LogP) is -0.0791. The maximum atomic E-state index is 10.1. The lowest BCUT2D eigenvalue weighted by Crippen LogP contribution is -2.31. The predicted molar refractivity (Wildman–Crippen MR) is 50.7 cm³/mol. The smallest absolute Gasteiger partial charge is 0.328 e. The van der Waals surface area contributed by atoms with Crippen LogP contribution in [-0.4, -0.2) is 48.7 Å². The summed E-state index contributed by atoms with van der Waals surface area (Å²) in [7, 11) is 2.09. The van der Waals surface area contributed by atoms with E-state index in [1.54, 1.807) is 6.08 Å². The van der Waals surface area contributed by atoms with Crippen LogP contribution < -0.4 is 5.32 Å². The highest BCUT2D eigenvalue weighted by atomic mass is 16.4. The van der Waals surface area contributed by atoms with E-state index in [4.69, 9.17) is 5.11 Å². The second-order valence-corrected chi connectivity index (χ2v) is 3.40. The van der Waals surface area contributed by atoms with Crippen molar-refractivity contribution >= 4 is 5.97 Å². The molecule has 1 heterocycles. The third-order valence-corrected chi connectivity index (χ3v) is 2.18. The summed E-state index contributed by atoms with van der Waals surface area (Å²) in [6.07, 6.45) is 3.96. The van der Waals surface area contributed by atoms with Crippen molar-refractivity contribution < 1.29 is 9.90 Å². The summed E-state index contributed by atoms with van der Waals surface area (Å²) in [5.41, 5.74) is 0. The quantitative estimate of drug-likeness (QED) is 0.600. The fourth-order valence-corrected chi connectivity index (χ4v) is 1.50. The number of likely N-dealkylation sites (tertiary alicyclic amines) is 1. The third-order valence-electron chi connectivity index (χ3n) is 2.18. The van der Waals surface area contributed by atoms with Gasteiger partial charge in [0.25, 0.3) is 0 Å². The number of nitrogens with zero attached hydrogens (tertiary/aromatic N) is 1. The Morgan fingerprint density at radius 3 is 3.08 bits per heavy atom. The zero-order chi connectivity index (χ0) is 9.68. The molecule has 2 N–H and O–H groups in total. The first-order chi connectivity index (χ1) is 6.18. The molecule has 4 nitrogen and oxygen atoms in total. The topological polar surface area (TPSA) is 52.6 Å². The van der Waals surface area contributed by atoms with E-state index in [1.807, 2.05) is 0 Å². The molecule has 0 aromatic rings. The number of aliphatic carboxylic acids is 1. The van der Waals surface area contributed by atoms with Crippen molar-refractivity contribution in [3.63, 3.8) is 0 Å². The molecule has 0 saturated carbocycles. The van der Waals surface area contributed by atoms with Gasteiger partial charge < -0.3 is 15.3 Å². The summed E-state index contributed by atoms with van der Waals surface area (Å²) in [6.45, 7) is 2.83. The Morgan fingerprint density at radius 2 is 2.54 bits per heavy atom. The van der Waals surface area contributed by atoms with Gasteiger partial charge in [-0.1, -0.05) is 6.08 Å². The lowest BCUT2D eigenvalue weighted by molar-refractivity contribution is -0.131. The molecule has 1 aliphatic rings. The van der Waals surface area contributed by atoms with Crippen LogP contribution in [0, 0.1) is 0 Å². The van der Waals surface area contributed by atoms with Gasteiger partial charge in [0.05, 0.1) is 0 Å². The van der Waals surface area contributed by atoms with Crippen LogP contribution in [-0.2, 0) is 4.79 Å². The zero-order valence-corrected chi connectivity index (χ0v) is 7.86. The van der Waals surface area contributed by atoms with Crippen molar-refractivity contribution in [3.8, 4) is 0 Å². The number of likely N-dealkylation sites (N-methyl/N-ethyl adjacent to an activating group) is 1. The van der Waals surface area contributed by atoms with Gasteiger partial charge in [-0.2, -0.15) is 0 Å². The minimum atomic E-state index is -0.884. The maximum absolute atomic E-state index is 10.1. The van der Waals surface area contributed by atoms with Crippen molar-refractivity contribution in [2.45, 2.75) is 12.5 Å². The second-order valence-electron chi connectivity index (χ2n) is 3.40. The number of nitrogens with one attached hydrogen (secondary N) is 1. The fraction of sp³-hybridized carbons (Fsp3) is 0.667. The number of carboxylic acid groups (broad SMARTS) is 1. The van der Waals surface area contributed by atoms with E-state index >= 15 is 0 Å². The number of carboxylic acids is 1. The molecule has 1 unspecified atom stereocenters. The van der Waals surface area contributed by atoms with Gasteiger partial charge in [0.1, 0.15) is 0 Å². The molecule has 74 valence electrons. The largest absolute Gasteiger partial charge is 0.478 e. The van der Waals surface area contributed by atoms with Crippen LogP contribution in [0.1, 0.15) is 6.42 Å². The van der Waals surface area contributed by atoms with Crippen LogP contribution in [0.3, 0.4) is 0 Å². The minimum Gasteiger partial charge on any atom is -0.478 e. The monoisotopic (exact) mass is 184 g/mol. The molecule has 0 aliphatic carbocycles. The molecule has 4 heteroatoms. The minimum absolute atomic E-state index is 0.517. The van der Waals surface area contributed by atoms with Gasteiger partial charge >= 0.3 is 5.97 Å². The highest BCUT2D eigenvalue weighted by molar-refractivity contribution is 5.79. The highest BCUT2D eigenvalue weighted by Crippen LogP contribution is 2.05. The third kappa shape index (κ3) is 4.05. The van der Waals surface area contributed by atoms with E-state index in [2.05, 4.69) is 17.3 Å². The summed E-state index contributed by atoms with van der Waals surface area (Å²) in [5.74, 6) is -0.884. The molecule has 1 saturated heterocycles. The second kappa shape index (κ2) is 4.99. The molecule has 1 atom stereocenters. The van der Waals surface area contributed by atoms with Gasteiger partial charge in [-0.05, 0) is 20.0 Å². The molecular weight excluding hydrogens is 168 g/mol. The van der Waals surface area contributed by atoms with Crippen LogP contribution in [0.2, 0.25) is 0 Å². The van der Waals surface area contributed by atoms with Gasteiger partial charge in [-0.3, -0.25) is 0 Å². The highest BCUT2D eigenvalue weighted by Gasteiger charge is 2.17. The van der Waals surface area contributed by atoms with E-state index in [-0.39, 0.29) is 0 Å². The number of hydrogen-bond acceptors (Lipinski definition) is 3. The number of rotatable bonds is 4. The Hall–Kier alpha value is -0.870. The number of carbonyl (C=O) groups is 1. The van der Waals surface area contributed by atoms with Crippen LogP contribution >= 0.6 is 0 Å². The molecule has 0 aromatic carbocycles. The molecular formula is C9H16N2O2. The number of hydrogen-bond donors (Lipinski definition) is 2. The van der Waals surface area contributed by atoms with E-state index in [9.17, 15) is 4.79 Å². The standard InChI is InChI=1S/C9H16N2O2/c1-11-6-4-8(7-11)10-5-2-3-9(12)13/h2-3,8,10H,4-7H2,1H3,(H,12,13)/b3-2+. The zero-order valence-electron chi connectivity index (χ0n) is 7.86. The summed E-state index contributed by atoms with van der Waals surface area (Å²) in [6, 6.07) is 0.517. The normalized spacial score (nSPS) is 24.2. The van der Waals surface area contributed by atoms with Crippen LogP contribution in [0.25, 0.3) is 0 Å². The van der Waals surface area contributed by atoms with E-state index in [0.29, 0.717) is 12.6 Å². The van der Waals surface area contributed by atoms with Crippen molar-refractivity contribution in [2.75, 3.05) is 26.7 Å². The average Bonchev–Trinajstić information content (AvgIpc) is 2.45. The van der Waals surface area contributed by atoms with Crippen LogP contribution in [0.15, 0.2) is 12.2 Å². The first kappa shape index (κ1) is 10.2. The molecule has 1 fully saturated rings. The Morgan fingerprint density at radius 1 is 1.77 bits per heavy atom. The summed E-state index contributed by atoms with van der Waals surface area (Å²) in [4.78, 5) is 12.4. The summed E-state index contributed by atoms with van der Waals surface area (Å²) < 4.78 is 0. The maximum Gasteiger partial charge on any atom is 0.328 e. The van der Waals surface area contributed by atoms with E-state index < -0.39 is 5.97 Å². The first-order valence-electron chi connectivity index (χ1n) is 4.50. The molecule has 0 spiro atoms. The molecule has 0 radical (unpaired) electrons. The lowest BCUT2D eigenvalue weighted by atomic mass is 10.2. The Kier molecular flexibility index (Phi) is 3.92. The molecule has 1 aliphatic heterocycles. The molecule has 0 bridgehead atoms. The van der Waals surface area contributed by atoms with Gasteiger partial charge in [0, 0.05) is 25.2 Å². The molecule has 13 heavy (non-hydrogen) atoms. The average molecular weight is 184 g/mol. The Balaban J connectivity index is 2.09. The van der Waals surface area contributed by atoms with Crippen molar-refractivity contribution in [2.24, 2.45) is 0 Å². The summed E-state index contributed by atoms with van der Waals surface area (Å²) >= 11 is 0. The van der Waals surface area contributed by atoms with Crippen molar-refractivity contribution in [3.05, 3.63) is 12.2 Å². The van der Waals surface area contributed by atoms with E-state index in [1.165, 1.54) is 6.08 Å². The van der Waals surface area contributed by atoms with Crippen molar-refractivity contribution in [1.82, 2.24) is 10.2 Å². The van der Waals surface area contributed by atoms with E-state index in [0.717, 1.165) is 19.5 Å². The van der Waals surface area contributed by atoms with Gasteiger partial charge in [-0.15, -0.1) is 0 Å². The van der Waals surface area contributed by atoms with Crippen LogP contribution in [0.4, 0.5) is 0 Å². The van der Waals surface area contributed by atoms with Gasteiger partial charge in [-0.25, -0.2) is 4.79 Å². The summed E-state index contributed by atoms with van der Waals surface area (Å²) in [5, 5.41) is 11.6. The Labute approximate surface area is 78.2 Å². The first-order valence-corrected chi connectivity index (χ1v) is 4.50. The van der Waals surface area contributed by atoms with Gasteiger partial charge in [0.15, 0.2) is 0 Å².